The van der Waals surface area contributed by atoms with Gasteiger partial charge in [-0.2, -0.15) is 0 Å². The summed E-state index contributed by atoms with van der Waals surface area (Å²) in [5.41, 5.74) is 2.78. The molecule has 0 bridgehead atoms. The molecule has 0 saturated heterocycles. The molecule has 0 spiro atoms. The Labute approximate surface area is 104 Å². The second-order valence-electron chi connectivity index (χ2n) is 4.54. The third-order valence-electron chi connectivity index (χ3n) is 3.41. The molecule has 1 nitrogen and oxygen atoms in total. The van der Waals surface area contributed by atoms with Crippen molar-refractivity contribution in [2.24, 2.45) is 0 Å². The number of hydrogen-bond acceptors (Lipinski definition) is 1. The van der Waals surface area contributed by atoms with Crippen LogP contribution in [0.1, 0.15) is 37.4 Å². The minimum Gasteiger partial charge on any atom is -0.310 e. The Morgan fingerprint density at radius 1 is 1.00 bits per heavy atom. The average Bonchev–Trinajstić information content (AvgIpc) is 2.37. The maximum absolute atomic E-state index is 3.56. The lowest BCUT2D eigenvalue weighted by atomic mass is 9.94. The zero-order valence-corrected chi connectivity index (χ0v) is 11.0. The maximum atomic E-state index is 3.56. The van der Waals surface area contributed by atoms with Crippen LogP contribution in [0, 0.1) is 6.92 Å². The van der Waals surface area contributed by atoms with Crippen molar-refractivity contribution in [2.45, 2.75) is 33.2 Å². The fourth-order valence-electron chi connectivity index (χ4n) is 2.50. The van der Waals surface area contributed by atoms with Crippen LogP contribution in [0.5, 0.6) is 0 Å². The topological polar surface area (TPSA) is 12.0 Å². The first-order chi connectivity index (χ1) is 8.27. The molecule has 1 unspecified atom stereocenters. The predicted molar refractivity (Wildman–Crippen MR) is 75.4 cm³/mol. The number of fused-ring (bicyclic) bond motifs is 1. The molecule has 2 rings (SSSR count). The molecule has 0 aromatic heterocycles. The third kappa shape index (κ3) is 2.34. The molecule has 0 fully saturated rings. The van der Waals surface area contributed by atoms with Gasteiger partial charge in [-0.3, -0.25) is 0 Å². The third-order valence-corrected chi connectivity index (χ3v) is 3.41. The van der Waals surface area contributed by atoms with Crippen molar-refractivity contribution < 1.29 is 0 Å². The van der Waals surface area contributed by atoms with E-state index in [1.165, 1.54) is 21.9 Å². The maximum Gasteiger partial charge on any atom is 0.0323 e. The first-order valence-corrected chi connectivity index (χ1v) is 6.49. The summed E-state index contributed by atoms with van der Waals surface area (Å²) in [5.74, 6) is 0. The van der Waals surface area contributed by atoms with E-state index in [-0.39, 0.29) is 0 Å². The van der Waals surface area contributed by atoms with Crippen LogP contribution in [-0.4, -0.2) is 6.54 Å². The van der Waals surface area contributed by atoms with Crippen LogP contribution in [0.4, 0.5) is 0 Å². The van der Waals surface area contributed by atoms with Crippen molar-refractivity contribution >= 4 is 10.8 Å². The van der Waals surface area contributed by atoms with Gasteiger partial charge in [-0.25, -0.2) is 0 Å². The summed E-state index contributed by atoms with van der Waals surface area (Å²) in [4.78, 5) is 0. The van der Waals surface area contributed by atoms with Gasteiger partial charge in [0, 0.05) is 6.04 Å². The van der Waals surface area contributed by atoms with Gasteiger partial charge in [0.25, 0.3) is 0 Å². The SMILES string of the molecule is CCNC(CC)c1ccc(C)c2ccccc12. The van der Waals surface area contributed by atoms with Crippen molar-refractivity contribution in [3.05, 3.63) is 47.5 Å². The van der Waals surface area contributed by atoms with Crippen LogP contribution in [0.3, 0.4) is 0 Å². The second-order valence-corrected chi connectivity index (χ2v) is 4.54. The summed E-state index contributed by atoms with van der Waals surface area (Å²) in [6.07, 6.45) is 1.13. The average molecular weight is 227 g/mol. The molecule has 0 heterocycles. The van der Waals surface area contributed by atoms with Crippen LogP contribution >= 0.6 is 0 Å². The van der Waals surface area contributed by atoms with Gasteiger partial charge in [0.15, 0.2) is 0 Å². The van der Waals surface area contributed by atoms with Gasteiger partial charge in [-0.15, -0.1) is 0 Å². The molecule has 90 valence electrons. The molecule has 0 aliphatic carbocycles. The first kappa shape index (κ1) is 12.1. The predicted octanol–water partition coefficient (Wildman–Crippen LogP) is 4.21. The minimum atomic E-state index is 0.463. The molecular weight excluding hydrogens is 206 g/mol. The van der Waals surface area contributed by atoms with Crippen LogP contribution in [0.2, 0.25) is 0 Å². The van der Waals surface area contributed by atoms with E-state index in [4.69, 9.17) is 0 Å². The summed E-state index contributed by atoms with van der Waals surface area (Å²) >= 11 is 0. The molecule has 1 heteroatoms. The normalized spacial score (nSPS) is 12.9. The van der Waals surface area contributed by atoms with Crippen molar-refractivity contribution in [3.8, 4) is 0 Å². The summed E-state index contributed by atoms with van der Waals surface area (Å²) < 4.78 is 0. The Balaban J connectivity index is 2.57. The first-order valence-electron chi connectivity index (χ1n) is 6.49. The fraction of sp³-hybridized carbons (Fsp3) is 0.375. The number of nitrogens with one attached hydrogen (secondary N) is 1. The van der Waals surface area contributed by atoms with E-state index in [0.29, 0.717) is 6.04 Å². The monoisotopic (exact) mass is 227 g/mol. The molecule has 2 aromatic rings. The smallest absolute Gasteiger partial charge is 0.0323 e. The molecule has 1 N–H and O–H groups in total. The van der Waals surface area contributed by atoms with E-state index in [1.807, 2.05) is 0 Å². The lowest BCUT2D eigenvalue weighted by Crippen LogP contribution is -2.20. The highest BCUT2D eigenvalue weighted by molar-refractivity contribution is 5.88. The van der Waals surface area contributed by atoms with Gasteiger partial charge < -0.3 is 5.32 Å². The van der Waals surface area contributed by atoms with Crippen LogP contribution in [-0.2, 0) is 0 Å². The molecule has 0 amide bonds. The fourth-order valence-corrected chi connectivity index (χ4v) is 2.50. The van der Waals surface area contributed by atoms with Gasteiger partial charge in [-0.05, 0) is 41.8 Å². The Morgan fingerprint density at radius 3 is 2.35 bits per heavy atom. The highest BCUT2D eigenvalue weighted by atomic mass is 14.9. The van der Waals surface area contributed by atoms with Gasteiger partial charge in [0.05, 0.1) is 0 Å². The van der Waals surface area contributed by atoms with E-state index in [1.54, 1.807) is 0 Å². The highest BCUT2D eigenvalue weighted by Gasteiger charge is 2.11. The van der Waals surface area contributed by atoms with Crippen LogP contribution < -0.4 is 5.32 Å². The molecular formula is C16H21N. The van der Waals surface area contributed by atoms with Crippen molar-refractivity contribution in [2.75, 3.05) is 6.54 Å². The standard InChI is InChI=1S/C16H21N/c1-4-16(17-5-2)15-11-10-12(3)13-8-6-7-9-14(13)15/h6-11,16-17H,4-5H2,1-3H3. The summed E-state index contributed by atoms with van der Waals surface area (Å²) in [6.45, 7) is 7.60. The number of rotatable bonds is 4. The lowest BCUT2D eigenvalue weighted by Gasteiger charge is -2.19. The Morgan fingerprint density at radius 2 is 1.71 bits per heavy atom. The zero-order valence-electron chi connectivity index (χ0n) is 11.0. The second kappa shape index (κ2) is 5.33. The van der Waals surface area contributed by atoms with E-state index in [9.17, 15) is 0 Å². The minimum absolute atomic E-state index is 0.463. The lowest BCUT2D eigenvalue weighted by molar-refractivity contribution is 0.541. The number of benzene rings is 2. The molecule has 0 radical (unpaired) electrons. The van der Waals surface area contributed by atoms with Crippen LogP contribution in [0.25, 0.3) is 10.8 Å². The Hall–Kier alpha value is -1.34. The quantitative estimate of drug-likeness (QED) is 0.825. The van der Waals surface area contributed by atoms with Gasteiger partial charge in [-0.1, -0.05) is 50.2 Å². The van der Waals surface area contributed by atoms with E-state index in [2.05, 4.69) is 62.5 Å². The van der Waals surface area contributed by atoms with Crippen molar-refractivity contribution in [3.63, 3.8) is 0 Å². The molecule has 2 aromatic carbocycles. The van der Waals surface area contributed by atoms with Crippen LogP contribution in [0.15, 0.2) is 36.4 Å². The van der Waals surface area contributed by atoms with E-state index < -0.39 is 0 Å². The van der Waals surface area contributed by atoms with E-state index >= 15 is 0 Å². The molecule has 1 atom stereocenters. The largest absolute Gasteiger partial charge is 0.310 e. The van der Waals surface area contributed by atoms with Crippen molar-refractivity contribution in [1.82, 2.24) is 5.32 Å². The molecule has 17 heavy (non-hydrogen) atoms. The van der Waals surface area contributed by atoms with Gasteiger partial charge in [0.1, 0.15) is 0 Å². The Bertz CT molecular complexity index is 502. The summed E-state index contributed by atoms with van der Waals surface area (Å²) in [6, 6.07) is 13.7. The van der Waals surface area contributed by atoms with Gasteiger partial charge >= 0.3 is 0 Å². The number of aryl methyl sites for hydroxylation is 1. The molecule has 0 aliphatic heterocycles. The summed E-state index contributed by atoms with van der Waals surface area (Å²) in [7, 11) is 0. The molecule has 0 aliphatic rings. The Kier molecular flexibility index (Phi) is 3.80. The van der Waals surface area contributed by atoms with E-state index in [0.717, 1.165) is 13.0 Å². The number of hydrogen-bond donors (Lipinski definition) is 1. The summed E-state index contributed by atoms with van der Waals surface area (Å²) in [5, 5.41) is 6.33. The molecule has 0 saturated carbocycles. The zero-order chi connectivity index (χ0) is 12.3. The highest BCUT2D eigenvalue weighted by Crippen LogP contribution is 2.28. The van der Waals surface area contributed by atoms with Gasteiger partial charge in [0.2, 0.25) is 0 Å². The van der Waals surface area contributed by atoms with Crippen molar-refractivity contribution in [1.29, 1.82) is 0 Å².